The molecule has 5 nitrogen and oxygen atoms in total. The first-order valence-electron chi connectivity index (χ1n) is 4.93. The van der Waals surface area contributed by atoms with Gasteiger partial charge in [-0.05, 0) is 26.8 Å². The molecule has 0 spiro atoms. The molecular weight excluding hydrogens is 190 g/mol. The van der Waals surface area contributed by atoms with E-state index in [9.17, 15) is 0 Å². The molecule has 3 N–H and O–H groups in total. The third kappa shape index (κ3) is 4.01. The van der Waals surface area contributed by atoms with Crippen molar-refractivity contribution in [2.24, 2.45) is 17.8 Å². The molecule has 0 bridgehead atoms. The zero-order valence-corrected chi connectivity index (χ0v) is 9.78. The van der Waals surface area contributed by atoms with Crippen LogP contribution in [0.3, 0.4) is 0 Å². The number of nitrogens with zero attached hydrogens (tertiary/aromatic N) is 3. The van der Waals surface area contributed by atoms with Gasteiger partial charge >= 0.3 is 0 Å². The fraction of sp³-hybridized carbons (Fsp3) is 0.600. The SMILES string of the molecule is Cn1nccc1CN=C(N)NC(C)(C)C. The summed E-state index contributed by atoms with van der Waals surface area (Å²) in [6.07, 6.45) is 1.75. The van der Waals surface area contributed by atoms with E-state index < -0.39 is 0 Å². The van der Waals surface area contributed by atoms with Crippen molar-refractivity contribution < 1.29 is 0 Å². The molecule has 0 radical (unpaired) electrons. The predicted octanol–water partition coefficient (Wildman–Crippen LogP) is 0.623. The Balaban J connectivity index is 2.55. The lowest BCUT2D eigenvalue weighted by Crippen LogP contribution is -2.45. The molecule has 0 aliphatic heterocycles. The van der Waals surface area contributed by atoms with Crippen molar-refractivity contribution in [3.8, 4) is 0 Å². The summed E-state index contributed by atoms with van der Waals surface area (Å²) in [6.45, 7) is 6.67. The van der Waals surface area contributed by atoms with E-state index in [-0.39, 0.29) is 5.54 Å². The summed E-state index contributed by atoms with van der Waals surface area (Å²) in [5.74, 6) is 0.462. The lowest BCUT2D eigenvalue weighted by molar-refractivity contribution is 0.508. The zero-order valence-electron chi connectivity index (χ0n) is 9.78. The molecule has 0 atom stereocenters. The van der Waals surface area contributed by atoms with E-state index >= 15 is 0 Å². The number of guanidine groups is 1. The van der Waals surface area contributed by atoms with Crippen LogP contribution in [-0.2, 0) is 13.6 Å². The number of nitrogens with two attached hydrogens (primary N) is 1. The van der Waals surface area contributed by atoms with Gasteiger partial charge < -0.3 is 11.1 Å². The summed E-state index contributed by atoms with van der Waals surface area (Å²) in [5, 5.41) is 7.15. The molecule has 5 heteroatoms. The van der Waals surface area contributed by atoms with Crippen molar-refractivity contribution >= 4 is 5.96 Å². The van der Waals surface area contributed by atoms with Crippen LogP contribution in [0.15, 0.2) is 17.3 Å². The third-order valence-corrected chi connectivity index (χ3v) is 1.84. The average Bonchev–Trinajstić information content (AvgIpc) is 2.44. The Morgan fingerprint density at radius 3 is 2.73 bits per heavy atom. The highest BCUT2D eigenvalue weighted by molar-refractivity contribution is 5.78. The molecule has 15 heavy (non-hydrogen) atoms. The molecule has 1 aromatic heterocycles. The summed E-state index contributed by atoms with van der Waals surface area (Å²) in [6, 6.07) is 1.92. The summed E-state index contributed by atoms with van der Waals surface area (Å²) in [4.78, 5) is 4.24. The quantitative estimate of drug-likeness (QED) is 0.554. The minimum absolute atomic E-state index is 0.0555. The molecule has 0 saturated carbocycles. The molecule has 0 aliphatic rings. The predicted molar refractivity (Wildman–Crippen MR) is 61.4 cm³/mol. The second kappa shape index (κ2) is 4.33. The second-order valence-corrected chi connectivity index (χ2v) is 4.52. The van der Waals surface area contributed by atoms with E-state index in [1.54, 1.807) is 10.9 Å². The number of hydrogen-bond acceptors (Lipinski definition) is 2. The number of nitrogens with one attached hydrogen (secondary N) is 1. The van der Waals surface area contributed by atoms with Crippen molar-refractivity contribution in [3.05, 3.63) is 18.0 Å². The van der Waals surface area contributed by atoms with Crippen LogP contribution in [0.1, 0.15) is 26.5 Å². The smallest absolute Gasteiger partial charge is 0.189 e. The van der Waals surface area contributed by atoms with E-state index in [0.717, 1.165) is 5.69 Å². The maximum absolute atomic E-state index is 5.74. The Bertz CT molecular complexity index is 345. The lowest BCUT2D eigenvalue weighted by atomic mass is 10.1. The Hall–Kier alpha value is -1.52. The maximum atomic E-state index is 5.74. The van der Waals surface area contributed by atoms with E-state index in [4.69, 9.17) is 5.73 Å². The van der Waals surface area contributed by atoms with Gasteiger partial charge in [0.05, 0.1) is 12.2 Å². The Morgan fingerprint density at radius 2 is 2.27 bits per heavy atom. The first-order chi connectivity index (χ1) is 6.88. The van der Waals surface area contributed by atoms with Crippen LogP contribution in [0.25, 0.3) is 0 Å². The molecule has 84 valence electrons. The Kier molecular flexibility index (Phi) is 3.34. The minimum Gasteiger partial charge on any atom is -0.370 e. The van der Waals surface area contributed by atoms with E-state index in [2.05, 4.69) is 15.4 Å². The summed E-state index contributed by atoms with van der Waals surface area (Å²) >= 11 is 0. The van der Waals surface area contributed by atoms with Gasteiger partial charge in [0, 0.05) is 18.8 Å². The molecule has 1 aromatic rings. The van der Waals surface area contributed by atoms with Gasteiger partial charge in [-0.1, -0.05) is 0 Å². The van der Waals surface area contributed by atoms with E-state index in [0.29, 0.717) is 12.5 Å². The lowest BCUT2D eigenvalue weighted by Gasteiger charge is -2.20. The third-order valence-electron chi connectivity index (χ3n) is 1.84. The van der Waals surface area contributed by atoms with Gasteiger partial charge in [-0.3, -0.25) is 4.68 Å². The van der Waals surface area contributed by atoms with Crippen LogP contribution in [0.5, 0.6) is 0 Å². The van der Waals surface area contributed by atoms with Crippen LogP contribution >= 0.6 is 0 Å². The molecule has 1 heterocycles. The van der Waals surface area contributed by atoms with Gasteiger partial charge in [-0.25, -0.2) is 4.99 Å². The van der Waals surface area contributed by atoms with Gasteiger partial charge in [0.1, 0.15) is 0 Å². The van der Waals surface area contributed by atoms with Crippen LogP contribution in [0, 0.1) is 0 Å². The van der Waals surface area contributed by atoms with Crippen molar-refractivity contribution in [2.75, 3.05) is 0 Å². The number of hydrogen-bond donors (Lipinski definition) is 2. The van der Waals surface area contributed by atoms with E-state index in [1.165, 1.54) is 0 Å². The first-order valence-corrected chi connectivity index (χ1v) is 4.93. The van der Waals surface area contributed by atoms with Crippen molar-refractivity contribution in [1.82, 2.24) is 15.1 Å². The van der Waals surface area contributed by atoms with Gasteiger partial charge in [-0.15, -0.1) is 0 Å². The summed E-state index contributed by atoms with van der Waals surface area (Å²) < 4.78 is 1.79. The molecular formula is C10H19N5. The Morgan fingerprint density at radius 1 is 1.60 bits per heavy atom. The molecule has 0 fully saturated rings. The highest BCUT2D eigenvalue weighted by atomic mass is 15.3. The summed E-state index contributed by atoms with van der Waals surface area (Å²) in [7, 11) is 1.89. The molecule has 1 rings (SSSR count). The number of rotatable bonds is 2. The van der Waals surface area contributed by atoms with Gasteiger partial charge in [0.2, 0.25) is 0 Å². The molecule has 0 saturated heterocycles. The number of aryl methyl sites for hydroxylation is 1. The fourth-order valence-electron chi connectivity index (χ4n) is 1.15. The van der Waals surface area contributed by atoms with Gasteiger partial charge in [0.25, 0.3) is 0 Å². The van der Waals surface area contributed by atoms with Crippen molar-refractivity contribution in [1.29, 1.82) is 0 Å². The topological polar surface area (TPSA) is 68.2 Å². The van der Waals surface area contributed by atoms with E-state index in [1.807, 2.05) is 33.9 Å². The maximum Gasteiger partial charge on any atom is 0.189 e. The van der Waals surface area contributed by atoms with Crippen LogP contribution in [0.4, 0.5) is 0 Å². The standard InChI is InChI=1S/C10H19N5/c1-10(2,3)14-9(11)12-7-8-5-6-13-15(8)4/h5-6H,7H2,1-4H3,(H3,11,12,14). The van der Waals surface area contributed by atoms with Crippen molar-refractivity contribution in [3.63, 3.8) is 0 Å². The zero-order chi connectivity index (χ0) is 11.5. The van der Waals surface area contributed by atoms with Crippen LogP contribution in [-0.4, -0.2) is 21.3 Å². The highest BCUT2D eigenvalue weighted by Gasteiger charge is 2.09. The second-order valence-electron chi connectivity index (χ2n) is 4.52. The van der Waals surface area contributed by atoms with Crippen LogP contribution < -0.4 is 11.1 Å². The van der Waals surface area contributed by atoms with Crippen molar-refractivity contribution in [2.45, 2.75) is 32.9 Å². The number of aliphatic imine (C=N–C) groups is 1. The first kappa shape index (κ1) is 11.6. The minimum atomic E-state index is -0.0555. The Labute approximate surface area is 90.4 Å². The monoisotopic (exact) mass is 209 g/mol. The summed E-state index contributed by atoms with van der Waals surface area (Å²) in [5.41, 5.74) is 6.72. The average molecular weight is 209 g/mol. The van der Waals surface area contributed by atoms with Crippen LogP contribution in [0.2, 0.25) is 0 Å². The highest BCUT2D eigenvalue weighted by Crippen LogP contribution is 2.00. The molecule has 0 amide bonds. The normalized spacial score (nSPS) is 12.9. The van der Waals surface area contributed by atoms with Gasteiger partial charge in [0.15, 0.2) is 5.96 Å². The molecule has 0 unspecified atom stereocenters. The molecule has 0 aromatic carbocycles. The number of aromatic nitrogens is 2. The molecule has 0 aliphatic carbocycles. The largest absolute Gasteiger partial charge is 0.370 e. The fourth-order valence-corrected chi connectivity index (χ4v) is 1.15. The van der Waals surface area contributed by atoms with Gasteiger partial charge in [-0.2, -0.15) is 5.10 Å².